The van der Waals surface area contributed by atoms with E-state index in [1.54, 1.807) is 141 Å². The van der Waals surface area contributed by atoms with Crippen molar-refractivity contribution >= 4 is 148 Å². The number of nitrogens with zero attached hydrogens (tertiary/aromatic N) is 11. The number of aromatic nitrogens is 7. The molecule has 0 saturated heterocycles. The molecule has 0 saturated carbocycles. The Morgan fingerprint density at radius 1 is 0.445 bits per heavy atom. The highest BCUT2D eigenvalue weighted by Crippen LogP contribution is 2.38. The van der Waals surface area contributed by atoms with Crippen LogP contribution in [0.4, 0.5) is 37.9 Å². The van der Waals surface area contributed by atoms with Gasteiger partial charge in [0.2, 0.25) is 17.7 Å². The van der Waals surface area contributed by atoms with Gasteiger partial charge in [-0.25, -0.2) is 33.7 Å². The van der Waals surface area contributed by atoms with Crippen LogP contribution in [-0.4, -0.2) is 106 Å². The van der Waals surface area contributed by atoms with Crippen LogP contribution in [0.3, 0.4) is 0 Å². The molecule has 0 amide bonds. The number of amidine groups is 4. The van der Waals surface area contributed by atoms with Gasteiger partial charge in [0.25, 0.3) is 0 Å². The van der Waals surface area contributed by atoms with E-state index in [1.807, 2.05) is 109 Å². The van der Waals surface area contributed by atoms with E-state index in [0.717, 1.165) is 124 Å². The summed E-state index contributed by atoms with van der Waals surface area (Å²) in [5.74, 6) is 33.7. The monoisotopic (exact) mass is 1870 g/mol. The van der Waals surface area contributed by atoms with Crippen molar-refractivity contribution in [3.8, 4) is 87.1 Å². The largest absolute Gasteiger partial charge is 0.496 e. The number of rotatable bonds is 9. The summed E-state index contributed by atoms with van der Waals surface area (Å²) in [6, 6.07) is 74.7. The topological polar surface area (TPSA) is 468 Å². The molecule has 6 aromatic heterocycles. The van der Waals surface area contributed by atoms with Crippen molar-refractivity contribution in [3.63, 3.8) is 0 Å². The van der Waals surface area contributed by atoms with E-state index in [9.17, 15) is 8.78 Å². The molecule has 0 bridgehead atoms. The number of halogens is 5. The molecular formula is C105H83Cl3F2N22O5. The molecule has 2 aliphatic rings. The standard InChI is InChI=1S/C28H22F2N4.C22H19ClN4.C19H16N6O3.2C18H13ClN4O/c1-28(2)16-32-27(34-28)18-6-3-17(4-7-18)5-8-20-14-26(31)33-25-13-19(9-10-24(20)25)21-11-22(29)15-23(30)12-21;1-22(2)13-25-21(27-22)15-6-3-14(4-7-15)5-8-16-11-20(24)26-19-12-17(23)9-10-18(16)19;1-26-14-4-2-3-12-13(9-23-16(20)15(12)14)19-25-24-18(27-19)11-7-5-10(6-8-11)17(21)28-22;19-15-6-2-5-14-12(10-16(20)22-17(14)15)8-7-11-3-1-4-13(9-11)18(21)23-24;19-14-6-7-16-15(10-14)12(9-17(20)22-16)5-4-11-2-1-3-13(8-11)18(21)23-24/h3-4,6-7,9-15H,16H2,1-2H3,(H2,31,33)(H,32,34);3-4,6-7,9-12H,13H2,1-2H3,(H2,24,26)(H,25,27);2-9,21H,22H2,1H3,(H2,20,23);1-6,9-10,24H,(H2,20,22)(H2,21,23);1-3,6-10,24H,(H2,20,22)(H2,21,23). The smallest absolute Gasteiger partial charge is 0.250 e. The third kappa shape index (κ3) is 23.1. The summed E-state index contributed by atoms with van der Waals surface area (Å²) in [5, 5.41) is 52.8. The second kappa shape index (κ2) is 41.4. The third-order valence-corrected chi connectivity index (χ3v) is 21.9. The predicted octanol–water partition coefficient (Wildman–Crippen LogP) is 18.0. The number of oxime groups is 2. The molecule has 0 spiro atoms. The fraction of sp³-hybridized carbons (Fsp3) is 0.0857. The van der Waals surface area contributed by atoms with Crippen molar-refractivity contribution in [2.75, 3.05) is 48.9 Å². The van der Waals surface area contributed by atoms with E-state index < -0.39 is 11.6 Å². The van der Waals surface area contributed by atoms with E-state index in [1.165, 1.54) is 12.1 Å². The first-order valence-electron chi connectivity index (χ1n) is 41.9. The zero-order valence-corrected chi connectivity index (χ0v) is 76.1. The van der Waals surface area contributed by atoms with E-state index in [4.69, 9.17) is 106 Å². The molecule has 678 valence electrons. The Labute approximate surface area is 799 Å². The van der Waals surface area contributed by atoms with Crippen LogP contribution >= 0.6 is 34.8 Å². The summed E-state index contributed by atoms with van der Waals surface area (Å²) < 4.78 is 38.6. The summed E-state index contributed by atoms with van der Waals surface area (Å²) in [4.78, 5) is 35.0. The molecule has 19 rings (SSSR count). The molecular weight excluding hydrogens is 1790 g/mol. The minimum Gasteiger partial charge on any atom is -0.496 e. The maximum atomic E-state index is 13.7. The Balaban J connectivity index is 0.000000131. The summed E-state index contributed by atoms with van der Waals surface area (Å²) >= 11 is 18.3. The molecule has 137 heavy (non-hydrogen) atoms. The van der Waals surface area contributed by atoms with Crippen molar-refractivity contribution in [3.05, 3.63) is 360 Å². The van der Waals surface area contributed by atoms with Crippen LogP contribution in [0.25, 0.3) is 88.4 Å². The minimum atomic E-state index is -0.632. The molecule has 2 aliphatic heterocycles. The number of ether oxygens (including phenoxy) is 1. The van der Waals surface area contributed by atoms with Crippen LogP contribution < -0.4 is 61.4 Å². The first kappa shape index (κ1) is 94.0. The lowest BCUT2D eigenvalue weighted by Gasteiger charge is -2.18. The highest BCUT2D eigenvalue weighted by molar-refractivity contribution is 6.35. The van der Waals surface area contributed by atoms with E-state index >= 15 is 0 Å². The highest BCUT2D eigenvalue weighted by Gasteiger charge is 2.27. The number of benzene rings is 11. The summed E-state index contributed by atoms with van der Waals surface area (Å²) in [7, 11) is 1.57. The predicted molar refractivity (Wildman–Crippen MR) is 540 cm³/mol. The number of pyridine rings is 5. The summed E-state index contributed by atoms with van der Waals surface area (Å²) in [6.07, 6.45) is 1.59. The fourth-order valence-corrected chi connectivity index (χ4v) is 15.0. The van der Waals surface area contributed by atoms with Crippen LogP contribution in [0.1, 0.15) is 100 Å². The Morgan fingerprint density at radius 2 is 0.905 bits per heavy atom. The van der Waals surface area contributed by atoms with Gasteiger partial charge in [0.05, 0.1) is 69.3 Å². The first-order valence-corrected chi connectivity index (χ1v) is 43.0. The van der Waals surface area contributed by atoms with Crippen molar-refractivity contribution in [1.29, 1.82) is 5.41 Å². The summed E-state index contributed by atoms with van der Waals surface area (Å²) in [6.45, 7) is 10.0. The molecule has 0 radical (unpaired) electrons. The SMILES string of the molecule is CC1(C)CN=C(c2ccc(C#Cc3cc(N)nc4cc(-c5cc(F)cc(F)c5)ccc34)cc2)N1.CC1(C)CN=C(c2ccc(C#Cc3cc(N)nc4cc(Cl)ccc34)cc2)N1.COc1cccc2c(-c3nnc(-c4ccc(C(=N)ON)cc4)o3)cnc(N)c12.NC(=NO)c1cccc(C#Cc2cc(N)nc3c(Cl)cccc23)c1.NC(=NO)c1cccc(C#Cc2cc(N)nc3ccc(Cl)cc23)c1. The number of nitrogens with two attached hydrogens (primary N) is 8. The zero-order valence-electron chi connectivity index (χ0n) is 73.8. The van der Waals surface area contributed by atoms with Gasteiger partial charge in [0.1, 0.15) is 58.1 Å². The number of aliphatic imine (C=N–C) groups is 2. The molecule has 0 atom stereocenters. The molecule has 17 aromatic rings. The van der Waals surface area contributed by atoms with Gasteiger partial charge >= 0.3 is 0 Å². The zero-order chi connectivity index (χ0) is 96.8. The third-order valence-electron chi connectivity index (χ3n) is 21.1. The second-order valence-corrected chi connectivity index (χ2v) is 33.5. The molecule has 0 unspecified atom stereocenters. The number of hydrogen-bond donors (Lipinski definition) is 13. The number of fused-ring (bicyclic) bond motifs is 5. The normalized spacial score (nSPS) is 12.6. The van der Waals surface area contributed by atoms with Crippen LogP contribution in [0.2, 0.25) is 15.1 Å². The van der Waals surface area contributed by atoms with Crippen LogP contribution in [-0.2, 0) is 4.84 Å². The quantitative estimate of drug-likeness (QED) is 0.0210. The molecule has 11 aromatic carbocycles. The van der Waals surface area contributed by atoms with Gasteiger partial charge in [-0.2, -0.15) is 5.90 Å². The van der Waals surface area contributed by atoms with Crippen LogP contribution in [0.5, 0.6) is 5.75 Å². The van der Waals surface area contributed by atoms with Gasteiger partial charge in [-0.3, -0.25) is 15.4 Å². The number of nitrogens with one attached hydrogen (secondary N) is 3. The summed E-state index contributed by atoms with van der Waals surface area (Å²) in [5.41, 5.74) is 56.0. The Morgan fingerprint density at radius 3 is 1.44 bits per heavy atom. The second-order valence-electron chi connectivity index (χ2n) is 32.2. The van der Waals surface area contributed by atoms with Gasteiger partial charge in [-0.1, -0.05) is 183 Å². The maximum absolute atomic E-state index is 13.7. The lowest BCUT2D eigenvalue weighted by Crippen LogP contribution is -2.39. The number of nitrogen functional groups attached to an aromatic ring is 5. The average molecular weight is 1880 g/mol. The first-order chi connectivity index (χ1) is 65.9. The number of para-hydroxylation sites is 1. The van der Waals surface area contributed by atoms with Crippen molar-refractivity contribution in [2.24, 2.45) is 37.7 Å². The number of hydrogen-bond acceptors (Lipinski definition) is 25. The Bertz CT molecular complexity index is 7890. The van der Waals surface area contributed by atoms with Gasteiger partial charge in [-0.15, -0.1) is 10.2 Å². The highest BCUT2D eigenvalue weighted by atomic mass is 35.5. The molecule has 32 heteroatoms. The average Bonchev–Trinajstić information content (AvgIpc) is 1.71. The maximum Gasteiger partial charge on any atom is 0.250 e. The van der Waals surface area contributed by atoms with Gasteiger partial charge in [-0.05, 0) is 197 Å². The fourth-order valence-electron chi connectivity index (χ4n) is 14.4. The molecule has 21 N–H and O–H groups in total. The van der Waals surface area contributed by atoms with E-state index in [0.29, 0.717) is 117 Å². The van der Waals surface area contributed by atoms with E-state index in [2.05, 4.69) is 146 Å². The van der Waals surface area contributed by atoms with Gasteiger partial charge in [0.15, 0.2) is 11.7 Å². The van der Waals surface area contributed by atoms with Crippen LogP contribution in [0.15, 0.2) is 286 Å². The van der Waals surface area contributed by atoms with Gasteiger partial charge < -0.3 is 75.2 Å². The lowest BCUT2D eigenvalue weighted by molar-refractivity contribution is 0.318. The Hall–Kier alpha value is -17.7. The van der Waals surface area contributed by atoms with Crippen molar-refractivity contribution in [2.45, 2.75) is 38.8 Å². The van der Waals surface area contributed by atoms with Crippen molar-refractivity contribution in [1.82, 2.24) is 45.8 Å². The minimum absolute atomic E-state index is 0.0129. The number of anilines is 5. The van der Waals surface area contributed by atoms with Gasteiger partial charge in [0, 0.05) is 127 Å². The van der Waals surface area contributed by atoms with Crippen molar-refractivity contribution < 1.29 is 33.2 Å². The molecule has 0 aliphatic carbocycles. The lowest BCUT2D eigenvalue weighted by atomic mass is 10.0. The molecule has 8 heterocycles. The molecule has 27 nitrogen and oxygen atoms in total. The Kier molecular flexibility index (Phi) is 28.4. The number of methoxy groups -OCH3 is 1. The van der Waals surface area contributed by atoms with E-state index in [-0.39, 0.29) is 28.6 Å². The molecule has 0 fully saturated rings. The van der Waals surface area contributed by atoms with Crippen LogP contribution in [0, 0.1) is 64.4 Å².